The molecular formula is CH2O3P2. The van der Waals surface area contributed by atoms with Gasteiger partial charge in [0, 0.05) is 0 Å². The van der Waals surface area contributed by atoms with E-state index >= 15 is 0 Å². The highest BCUT2D eigenvalue weighted by Crippen LogP contribution is 3.21. The van der Waals surface area contributed by atoms with Crippen LogP contribution in [0, 0.1) is 0 Å². The van der Waals surface area contributed by atoms with E-state index in [1.54, 1.807) is 0 Å². The fourth-order valence-corrected chi connectivity index (χ4v) is 6.69. The average Bonchev–Trinajstić information content (AvgIpc) is 1.78. The van der Waals surface area contributed by atoms with Gasteiger partial charge in [-0.25, -0.2) is 0 Å². The molecule has 0 aromatic heterocycles. The van der Waals surface area contributed by atoms with Crippen molar-refractivity contribution in [3.8, 4) is 0 Å². The first kappa shape index (κ1) is 3.43. The molecule has 2 atom stereocenters. The molecule has 0 aromatic rings. The maximum atomic E-state index is 10.2. The molecule has 3 nitrogen and oxygen atoms in total. The second-order valence-corrected chi connectivity index (χ2v) is 9.49. The van der Waals surface area contributed by atoms with Crippen LogP contribution in [0.3, 0.4) is 0 Å². The summed E-state index contributed by atoms with van der Waals surface area (Å²) in [7, 11) is -4.56. The molecule has 0 spiro atoms. The van der Waals surface area contributed by atoms with E-state index in [-0.39, 0.29) is 0 Å². The van der Waals surface area contributed by atoms with Crippen LogP contribution in [-0.2, 0) is 13.4 Å². The monoisotopic (exact) mass is 124 g/mol. The first-order valence-corrected chi connectivity index (χ1v) is 5.89. The van der Waals surface area contributed by atoms with Crippen LogP contribution in [0.2, 0.25) is 0 Å². The molecule has 0 amide bonds. The van der Waals surface area contributed by atoms with Crippen molar-refractivity contribution in [2.75, 3.05) is 5.90 Å². The second kappa shape index (κ2) is 0.509. The predicted molar refractivity (Wildman–Crippen MR) is 21.2 cm³/mol. The van der Waals surface area contributed by atoms with Crippen LogP contribution in [0.25, 0.3) is 0 Å². The van der Waals surface area contributed by atoms with Crippen LogP contribution in [0.4, 0.5) is 0 Å². The average molecular weight is 124 g/mol. The van der Waals surface area contributed by atoms with E-state index in [1.807, 2.05) is 0 Å². The lowest BCUT2D eigenvalue weighted by Crippen LogP contribution is -1.48. The Labute approximate surface area is 34.5 Å². The molecule has 2 saturated heterocycles. The molecule has 2 fully saturated rings. The van der Waals surface area contributed by atoms with Crippen molar-refractivity contribution >= 4 is 14.1 Å². The topological polar surface area (TPSA) is 46.7 Å². The molecule has 0 N–H and O–H groups in total. The summed E-state index contributed by atoms with van der Waals surface area (Å²) in [4.78, 5) is 0. The third-order valence-corrected chi connectivity index (χ3v) is 8.70. The van der Waals surface area contributed by atoms with Crippen molar-refractivity contribution in [1.82, 2.24) is 0 Å². The van der Waals surface area contributed by atoms with Crippen LogP contribution < -0.4 is 0 Å². The van der Waals surface area contributed by atoms with Gasteiger partial charge in [0.2, 0.25) is 0 Å². The predicted octanol–water partition coefficient (Wildman–Crippen LogP) is 1.46. The third kappa shape index (κ3) is 0.170. The lowest BCUT2D eigenvalue weighted by molar-refractivity contribution is 0.520. The standard InChI is InChI=1S/CH2O3P2/c2-5-1-6(5,3)4-5/h1H2. The molecule has 2 aliphatic heterocycles. The fraction of sp³-hybridized carbons (Fsp3) is 1.00. The highest BCUT2D eigenvalue weighted by atomic mass is 32.2. The molecule has 34 valence electrons. The smallest absolute Gasteiger partial charge is 0.281 e. The molecule has 2 aliphatic rings. The molecule has 2 unspecified atom stereocenters. The van der Waals surface area contributed by atoms with Gasteiger partial charge in [0.05, 0.1) is 0 Å². The summed E-state index contributed by atoms with van der Waals surface area (Å²) in [5.74, 6) is 0.403. The molecule has 0 saturated carbocycles. The Kier molecular flexibility index (Phi) is 0.291. The van der Waals surface area contributed by atoms with E-state index in [1.165, 1.54) is 0 Å². The maximum absolute atomic E-state index is 10.2. The van der Waals surface area contributed by atoms with Crippen molar-refractivity contribution in [2.24, 2.45) is 0 Å². The summed E-state index contributed by atoms with van der Waals surface area (Å²) >= 11 is 0. The summed E-state index contributed by atoms with van der Waals surface area (Å²) in [5.41, 5.74) is 0. The van der Waals surface area contributed by atoms with E-state index in [4.69, 9.17) is 0 Å². The van der Waals surface area contributed by atoms with Gasteiger partial charge in [-0.15, -0.1) is 0 Å². The van der Waals surface area contributed by atoms with Gasteiger partial charge in [0.1, 0.15) is 5.90 Å². The summed E-state index contributed by atoms with van der Waals surface area (Å²) < 4.78 is 24.8. The number of rotatable bonds is 0. The summed E-state index contributed by atoms with van der Waals surface area (Å²) in [6, 6.07) is 0. The minimum Gasteiger partial charge on any atom is -0.281 e. The van der Waals surface area contributed by atoms with Crippen LogP contribution in [-0.4, -0.2) is 5.90 Å². The van der Waals surface area contributed by atoms with Crippen LogP contribution in [0.15, 0.2) is 0 Å². The largest absolute Gasteiger partial charge is 0.301 e. The van der Waals surface area contributed by atoms with Gasteiger partial charge >= 0.3 is 14.1 Å². The summed E-state index contributed by atoms with van der Waals surface area (Å²) in [5, 5.41) is 0. The van der Waals surface area contributed by atoms with E-state index in [9.17, 15) is 9.13 Å². The molecule has 5 heteroatoms. The van der Waals surface area contributed by atoms with E-state index in [2.05, 4.69) is 4.31 Å². The van der Waals surface area contributed by atoms with Crippen molar-refractivity contribution in [3.05, 3.63) is 0 Å². The van der Waals surface area contributed by atoms with E-state index in [0.29, 0.717) is 5.90 Å². The van der Waals surface area contributed by atoms with Crippen molar-refractivity contribution in [2.45, 2.75) is 0 Å². The first-order chi connectivity index (χ1) is 2.66. The molecular weight excluding hydrogens is 122 g/mol. The van der Waals surface area contributed by atoms with Crippen molar-refractivity contribution in [1.29, 1.82) is 0 Å². The Hall–Kier alpha value is 0.420. The molecule has 2 rings (SSSR count). The van der Waals surface area contributed by atoms with Crippen LogP contribution in [0.1, 0.15) is 0 Å². The van der Waals surface area contributed by atoms with Crippen molar-refractivity contribution < 1.29 is 13.4 Å². The molecule has 0 aliphatic carbocycles. The Morgan fingerprint density at radius 3 is 1.50 bits per heavy atom. The quantitative estimate of drug-likeness (QED) is 0.362. The lowest BCUT2D eigenvalue weighted by Gasteiger charge is -1.64. The zero-order chi connectivity index (χ0) is 4.41. The molecule has 2 heterocycles. The van der Waals surface area contributed by atoms with Gasteiger partial charge in [0.25, 0.3) is 0 Å². The third-order valence-electron chi connectivity index (χ3n) is 0.967. The number of fused-ring (bicyclic) bond motifs is 1. The zero-order valence-electron chi connectivity index (χ0n) is 2.83. The normalized spacial score (nSPS) is 72.7. The zero-order valence-corrected chi connectivity index (χ0v) is 4.62. The molecule has 0 bridgehead atoms. The molecule has 0 aromatic carbocycles. The van der Waals surface area contributed by atoms with Gasteiger partial charge in [-0.2, -0.15) is 0 Å². The lowest BCUT2D eigenvalue weighted by atomic mass is 11.9. The van der Waals surface area contributed by atoms with Crippen molar-refractivity contribution in [3.63, 3.8) is 0 Å². The Bertz CT molecular complexity index is 159. The summed E-state index contributed by atoms with van der Waals surface area (Å²) in [6.45, 7) is 0. The van der Waals surface area contributed by atoms with E-state index in [0.717, 1.165) is 0 Å². The second-order valence-electron chi connectivity index (χ2n) is 1.50. The van der Waals surface area contributed by atoms with Gasteiger partial charge < -0.3 is 0 Å². The van der Waals surface area contributed by atoms with Gasteiger partial charge in [-0.3, -0.25) is 13.4 Å². The van der Waals surface area contributed by atoms with E-state index < -0.39 is 14.1 Å². The minimum atomic E-state index is -2.28. The first-order valence-electron chi connectivity index (χ1n) is 1.56. The maximum Gasteiger partial charge on any atom is 0.301 e. The summed E-state index contributed by atoms with van der Waals surface area (Å²) in [6.07, 6.45) is 0. The minimum absolute atomic E-state index is 0.403. The number of hydrogen-bond donors (Lipinski definition) is 0. The highest BCUT2D eigenvalue weighted by molar-refractivity contribution is 8.59. The SMILES string of the molecule is O=P12CP1(=O)O2. The van der Waals surface area contributed by atoms with Gasteiger partial charge in [-0.1, -0.05) is 0 Å². The molecule has 0 radical (unpaired) electrons. The van der Waals surface area contributed by atoms with Crippen LogP contribution in [0.5, 0.6) is 0 Å². The highest BCUT2D eigenvalue weighted by Gasteiger charge is 2.84. The van der Waals surface area contributed by atoms with Gasteiger partial charge in [-0.05, 0) is 0 Å². The molecule has 6 heavy (non-hydrogen) atoms. The van der Waals surface area contributed by atoms with Gasteiger partial charge in [0.15, 0.2) is 0 Å². The Balaban J connectivity index is 2.83. The van der Waals surface area contributed by atoms with Crippen LogP contribution >= 0.6 is 14.1 Å². The fourth-order valence-electron chi connectivity index (χ4n) is 0.374. The Morgan fingerprint density at radius 2 is 1.50 bits per heavy atom. The number of hydrogen-bond acceptors (Lipinski definition) is 3. The Morgan fingerprint density at radius 1 is 1.33 bits per heavy atom.